The maximum Gasteiger partial charge on any atom is 0.271 e. The van der Waals surface area contributed by atoms with Crippen LogP contribution in [-0.2, 0) is 11.4 Å². The number of carbonyl (C=O) groups is 1. The monoisotopic (exact) mass is 616 g/mol. The number of non-ortho nitro benzene ring substituents is 1. The number of anilines is 1. The number of hydrogen-bond donors (Lipinski definition) is 1. The Morgan fingerprint density at radius 2 is 1.67 bits per heavy atom. The summed E-state index contributed by atoms with van der Waals surface area (Å²) in [7, 11) is 0. The fraction of sp³-hybridized carbons (Fsp3) is 0.114. The summed E-state index contributed by atoms with van der Waals surface area (Å²) in [5, 5.41) is 13.8. The smallest absolute Gasteiger partial charge is 0.271 e. The summed E-state index contributed by atoms with van der Waals surface area (Å²) < 4.78 is 7.94. The van der Waals surface area contributed by atoms with Gasteiger partial charge in [-0.2, -0.15) is 0 Å². The minimum absolute atomic E-state index is 0.0282. The number of fused-ring (bicyclic) bond motifs is 1. The van der Waals surface area contributed by atoms with E-state index in [0.717, 1.165) is 22.3 Å². The lowest BCUT2D eigenvalue weighted by atomic mass is 9.94. The van der Waals surface area contributed by atoms with E-state index in [2.05, 4.69) is 5.32 Å². The van der Waals surface area contributed by atoms with Crippen molar-refractivity contribution in [1.82, 2.24) is 4.57 Å². The van der Waals surface area contributed by atoms with Gasteiger partial charge in [-0.25, -0.2) is 4.99 Å². The average molecular weight is 617 g/mol. The van der Waals surface area contributed by atoms with Crippen LogP contribution < -0.4 is 24.9 Å². The topological polar surface area (TPSA) is 116 Å². The number of nitrogens with one attached hydrogen (secondary N) is 1. The van der Waals surface area contributed by atoms with Crippen molar-refractivity contribution in [3.05, 3.63) is 166 Å². The second-order valence-corrected chi connectivity index (χ2v) is 11.6. The molecule has 0 saturated carbocycles. The summed E-state index contributed by atoms with van der Waals surface area (Å²) in [6, 6.07) is 29.9. The van der Waals surface area contributed by atoms with Crippen molar-refractivity contribution in [3.63, 3.8) is 0 Å². The summed E-state index contributed by atoms with van der Waals surface area (Å²) in [6.45, 7) is 4.05. The van der Waals surface area contributed by atoms with Crippen LogP contribution in [0.5, 0.6) is 5.75 Å². The van der Waals surface area contributed by atoms with Crippen molar-refractivity contribution in [1.29, 1.82) is 0 Å². The van der Waals surface area contributed by atoms with E-state index >= 15 is 0 Å². The summed E-state index contributed by atoms with van der Waals surface area (Å²) in [5.74, 6) is 0.308. The highest BCUT2D eigenvalue weighted by Gasteiger charge is 2.32. The second-order valence-electron chi connectivity index (χ2n) is 10.6. The van der Waals surface area contributed by atoms with Crippen LogP contribution in [0.15, 0.2) is 124 Å². The van der Waals surface area contributed by atoms with E-state index in [1.54, 1.807) is 41.8 Å². The Bertz CT molecular complexity index is 2100. The third kappa shape index (κ3) is 6.36. The van der Waals surface area contributed by atoms with E-state index in [1.165, 1.54) is 23.5 Å². The van der Waals surface area contributed by atoms with Gasteiger partial charge < -0.3 is 10.1 Å². The van der Waals surface area contributed by atoms with E-state index in [0.29, 0.717) is 32.0 Å². The van der Waals surface area contributed by atoms with E-state index < -0.39 is 11.0 Å². The van der Waals surface area contributed by atoms with Gasteiger partial charge in [0.2, 0.25) is 0 Å². The average Bonchev–Trinajstić information content (AvgIpc) is 3.34. The Labute approximate surface area is 262 Å². The van der Waals surface area contributed by atoms with Gasteiger partial charge in [-0.15, -0.1) is 0 Å². The molecule has 0 fully saturated rings. The molecule has 6 rings (SSSR count). The molecule has 1 aromatic heterocycles. The van der Waals surface area contributed by atoms with Crippen molar-refractivity contribution >= 4 is 34.7 Å². The number of nitro groups is 1. The van der Waals surface area contributed by atoms with Gasteiger partial charge in [-0.3, -0.25) is 24.3 Å². The number of thiazole rings is 1. The predicted octanol–water partition coefficient (Wildman–Crippen LogP) is 5.67. The zero-order valence-corrected chi connectivity index (χ0v) is 25.3. The molecule has 1 amide bonds. The molecule has 0 radical (unpaired) electrons. The standard InChI is InChI=1S/C35H28N4O5S/c1-22-8-14-26(15-9-22)32-31(33(40)37-27-6-4-3-5-7-27)23(2)36-35-38(32)34(41)30(45-35)20-24-12-18-29(19-13-24)44-21-25-10-16-28(17-11-25)39(42)43/h3-20,32H,21H2,1-2H3,(H,37,40)/b30-20-. The number of rotatable bonds is 8. The Morgan fingerprint density at radius 3 is 2.33 bits per heavy atom. The Morgan fingerprint density at radius 1 is 0.978 bits per heavy atom. The minimum Gasteiger partial charge on any atom is -0.489 e. The minimum atomic E-state index is -0.650. The van der Waals surface area contributed by atoms with Gasteiger partial charge >= 0.3 is 0 Å². The first kappa shape index (κ1) is 29.5. The Balaban J connectivity index is 1.30. The Hall–Kier alpha value is -5.61. The molecule has 10 heteroatoms. The molecule has 0 aliphatic carbocycles. The van der Waals surface area contributed by atoms with Crippen LogP contribution in [0.1, 0.15) is 35.2 Å². The molecular formula is C35H28N4O5S. The van der Waals surface area contributed by atoms with Crippen molar-refractivity contribution < 1.29 is 14.5 Å². The molecule has 0 saturated heterocycles. The molecule has 0 spiro atoms. The molecule has 2 heterocycles. The van der Waals surface area contributed by atoms with Crippen molar-refractivity contribution in [2.24, 2.45) is 4.99 Å². The first-order chi connectivity index (χ1) is 21.8. The molecule has 0 bridgehead atoms. The van der Waals surface area contributed by atoms with Gasteiger partial charge in [0.05, 0.1) is 26.8 Å². The molecule has 1 aliphatic heterocycles. The number of nitro benzene ring substituents is 1. The molecule has 1 unspecified atom stereocenters. The summed E-state index contributed by atoms with van der Waals surface area (Å²) in [5.41, 5.74) is 4.91. The first-order valence-electron chi connectivity index (χ1n) is 14.2. The number of carbonyl (C=O) groups excluding carboxylic acids is 1. The molecule has 224 valence electrons. The van der Waals surface area contributed by atoms with E-state index in [9.17, 15) is 19.7 Å². The summed E-state index contributed by atoms with van der Waals surface area (Å²) >= 11 is 1.28. The molecule has 9 nitrogen and oxygen atoms in total. The summed E-state index contributed by atoms with van der Waals surface area (Å²) in [6.07, 6.45) is 1.80. The highest BCUT2D eigenvalue weighted by atomic mass is 32.1. The first-order valence-corrected chi connectivity index (χ1v) is 15.0. The largest absolute Gasteiger partial charge is 0.489 e. The Kier molecular flexibility index (Phi) is 8.22. The number of aryl methyl sites for hydroxylation is 1. The third-order valence-electron chi connectivity index (χ3n) is 7.42. The van der Waals surface area contributed by atoms with Crippen molar-refractivity contribution in [2.75, 3.05) is 5.32 Å². The van der Waals surface area contributed by atoms with Crippen LogP contribution in [0.2, 0.25) is 0 Å². The fourth-order valence-electron chi connectivity index (χ4n) is 5.09. The van der Waals surface area contributed by atoms with Crippen LogP contribution in [0.4, 0.5) is 11.4 Å². The van der Waals surface area contributed by atoms with Gasteiger partial charge in [0.25, 0.3) is 17.2 Å². The van der Waals surface area contributed by atoms with Crippen LogP contribution in [0, 0.1) is 17.0 Å². The number of ether oxygens (including phenoxy) is 1. The van der Waals surface area contributed by atoms with Gasteiger partial charge in [0.1, 0.15) is 12.4 Å². The van der Waals surface area contributed by atoms with Crippen molar-refractivity contribution in [2.45, 2.75) is 26.5 Å². The highest BCUT2D eigenvalue weighted by molar-refractivity contribution is 7.07. The van der Waals surface area contributed by atoms with Gasteiger partial charge in [-0.05, 0) is 73.0 Å². The van der Waals surface area contributed by atoms with E-state index in [1.807, 2.05) is 73.7 Å². The second kappa shape index (κ2) is 12.6. The van der Waals surface area contributed by atoms with Crippen LogP contribution >= 0.6 is 11.3 Å². The highest BCUT2D eigenvalue weighted by Crippen LogP contribution is 2.31. The maximum absolute atomic E-state index is 14.0. The predicted molar refractivity (Wildman–Crippen MR) is 174 cm³/mol. The number of para-hydroxylation sites is 1. The normalized spacial score (nSPS) is 14.4. The number of aromatic nitrogens is 1. The summed E-state index contributed by atoms with van der Waals surface area (Å²) in [4.78, 5) is 43.3. The molecule has 1 atom stereocenters. The lowest BCUT2D eigenvalue weighted by molar-refractivity contribution is -0.384. The number of allylic oxidation sites excluding steroid dienone is 1. The van der Waals surface area contributed by atoms with Gasteiger partial charge in [0.15, 0.2) is 4.80 Å². The molecule has 45 heavy (non-hydrogen) atoms. The lowest BCUT2D eigenvalue weighted by Gasteiger charge is -2.25. The van der Waals surface area contributed by atoms with Crippen LogP contribution in [0.25, 0.3) is 6.08 Å². The van der Waals surface area contributed by atoms with Crippen LogP contribution in [0.3, 0.4) is 0 Å². The van der Waals surface area contributed by atoms with E-state index in [-0.39, 0.29) is 23.8 Å². The van der Waals surface area contributed by atoms with Crippen LogP contribution in [-0.4, -0.2) is 15.4 Å². The maximum atomic E-state index is 14.0. The van der Waals surface area contributed by atoms with Crippen molar-refractivity contribution in [3.8, 4) is 5.75 Å². The number of hydrogen-bond acceptors (Lipinski definition) is 7. The number of amides is 1. The molecule has 1 aliphatic rings. The lowest BCUT2D eigenvalue weighted by Crippen LogP contribution is -2.40. The molecule has 1 N–H and O–H groups in total. The van der Waals surface area contributed by atoms with Gasteiger partial charge in [-0.1, -0.05) is 71.5 Å². The molecular weight excluding hydrogens is 588 g/mol. The number of benzene rings is 4. The van der Waals surface area contributed by atoms with Gasteiger partial charge in [0, 0.05) is 17.8 Å². The third-order valence-corrected chi connectivity index (χ3v) is 8.40. The number of nitrogens with zero attached hydrogens (tertiary/aromatic N) is 3. The van der Waals surface area contributed by atoms with E-state index in [4.69, 9.17) is 9.73 Å². The zero-order chi connectivity index (χ0) is 31.5. The molecule has 5 aromatic rings. The SMILES string of the molecule is CC1=C(C(=O)Nc2ccccc2)C(c2ccc(C)cc2)n2c(s/c(=C\c3ccc(OCc4ccc([N+](=O)[O-])cc4)cc3)c2=O)=N1. The quantitative estimate of drug-likeness (QED) is 0.178. The zero-order valence-electron chi connectivity index (χ0n) is 24.5. The molecule has 4 aromatic carbocycles. The fourth-order valence-corrected chi connectivity index (χ4v) is 6.13.